The molecule has 1 aromatic carbocycles. The van der Waals surface area contributed by atoms with Crippen LogP contribution in [0.2, 0.25) is 10.0 Å². The first kappa shape index (κ1) is 19.0. The van der Waals surface area contributed by atoms with Gasteiger partial charge in [0.05, 0.1) is 0 Å². The summed E-state index contributed by atoms with van der Waals surface area (Å²) in [6.07, 6.45) is 1.64. The van der Waals surface area contributed by atoms with Crippen LogP contribution in [0, 0.1) is 11.3 Å². The highest BCUT2D eigenvalue weighted by atomic mass is 35.5. The molecular formula is C18H25Cl2NOS. The molecule has 2 nitrogen and oxygen atoms in total. The quantitative estimate of drug-likeness (QED) is 0.641. The van der Waals surface area contributed by atoms with Crippen LogP contribution >= 0.6 is 35.0 Å². The predicted molar refractivity (Wildman–Crippen MR) is 101 cm³/mol. The van der Waals surface area contributed by atoms with Crippen LogP contribution in [0.3, 0.4) is 0 Å². The standard InChI is InChI=1S/C18H25Cl2NOS/c1-12(11-18(2,3)4)9-16(22)21-7-8-23-17(21)14-6-5-13(19)10-15(14)20/h5-6,10,12,17H,7-9,11H2,1-4H3/t12-,17+/m1/s1. The van der Waals surface area contributed by atoms with Gasteiger partial charge in [0.15, 0.2) is 0 Å². The van der Waals surface area contributed by atoms with E-state index in [9.17, 15) is 4.79 Å². The SMILES string of the molecule is C[C@H](CC(=O)N1CCS[C@H]1c1ccc(Cl)cc1Cl)CC(C)(C)C. The molecule has 0 aliphatic carbocycles. The molecule has 0 spiro atoms. The molecule has 128 valence electrons. The molecule has 0 radical (unpaired) electrons. The summed E-state index contributed by atoms with van der Waals surface area (Å²) in [5.41, 5.74) is 1.23. The minimum absolute atomic E-state index is 0.00843. The van der Waals surface area contributed by atoms with Crippen molar-refractivity contribution in [3.8, 4) is 0 Å². The van der Waals surface area contributed by atoms with Gasteiger partial charge in [-0.1, -0.05) is 57.0 Å². The Hall–Kier alpha value is -0.380. The van der Waals surface area contributed by atoms with Crippen molar-refractivity contribution in [2.24, 2.45) is 11.3 Å². The minimum Gasteiger partial charge on any atom is -0.326 e. The summed E-state index contributed by atoms with van der Waals surface area (Å²) < 4.78 is 0. The zero-order valence-corrected chi connectivity index (χ0v) is 16.6. The van der Waals surface area contributed by atoms with Crippen molar-refractivity contribution < 1.29 is 4.79 Å². The van der Waals surface area contributed by atoms with Gasteiger partial charge in [0.25, 0.3) is 0 Å². The molecular weight excluding hydrogens is 349 g/mol. The van der Waals surface area contributed by atoms with Gasteiger partial charge in [0.1, 0.15) is 5.37 Å². The van der Waals surface area contributed by atoms with Crippen molar-refractivity contribution in [1.82, 2.24) is 4.90 Å². The maximum atomic E-state index is 12.7. The van der Waals surface area contributed by atoms with Gasteiger partial charge in [-0.05, 0) is 29.9 Å². The molecule has 0 bridgehead atoms. The Morgan fingerprint density at radius 1 is 1.39 bits per heavy atom. The van der Waals surface area contributed by atoms with Gasteiger partial charge < -0.3 is 4.90 Å². The van der Waals surface area contributed by atoms with Crippen molar-refractivity contribution in [1.29, 1.82) is 0 Å². The molecule has 23 heavy (non-hydrogen) atoms. The number of amides is 1. The van der Waals surface area contributed by atoms with Gasteiger partial charge in [-0.3, -0.25) is 4.79 Å². The lowest BCUT2D eigenvalue weighted by molar-refractivity contribution is -0.132. The molecule has 0 aromatic heterocycles. The van der Waals surface area contributed by atoms with E-state index in [0.717, 1.165) is 24.3 Å². The summed E-state index contributed by atoms with van der Waals surface area (Å²) in [5.74, 6) is 1.56. The fraction of sp³-hybridized carbons (Fsp3) is 0.611. The number of thioether (sulfide) groups is 1. The lowest BCUT2D eigenvalue weighted by Gasteiger charge is -2.28. The predicted octanol–water partition coefficient (Wildman–Crippen LogP) is 6.03. The molecule has 1 amide bonds. The third-order valence-corrected chi connectivity index (χ3v) is 5.73. The fourth-order valence-corrected chi connectivity index (χ4v) is 5.11. The first-order chi connectivity index (χ1) is 10.7. The molecule has 1 aromatic rings. The molecule has 1 saturated heterocycles. The first-order valence-electron chi connectivity index (χ1n) is 8.03. The molecule has 2 atom stereocenters. The summed E-state index contributed by atoms with van der Waals surface area (Å²) >= 11 is 14.1. The van der Waals surface area contributed by atoms with E-state index in [1.165, 1.54) is 0 Å². The first-order valence-corrected chi connectivity index (χ1v) is 9.84. The Balaban J connectivity index is 2.07. The highest BCUT2D eigenvalue weighted by Crippen LogP contribution is 2.42. The molecule has 1 aliphatic rings. The van der Waals surface area contributed by atoms with E-state index in [1.807, 2.05) is 17.0 Å². The van der Waals surface area contributed by atoms with E-state index in [2.05, 4.69) is 27.7 Å². The minimum atomic E-state index is 0.00843. The summed E-state index contributed by atoms with van der Waals surface area (Å²) in [7, 11) is 0. The fourth-order valence-electron chi connectivity index (χ4n) is 3.22. The summed E-state index contributed by atoms with van der Waals surface area (Å²) in [6, 6.07) is 5.53. The number of rotatable bonds is 4. The highest BCUT2D eigenvalue weighted by molar-refractivity contribution is 7.99. The summed E-state index contributed by atoms with van der Waals surface area (Å²) in [6.45, 7) is 9.61. The number of benzene rings is 1. The molecule has 1 heterocycles. The van der Waals surface area contributed by atoms with Crippen LogP contribution in [0.5, 0.6) is 0 Å². The Bertz CT molecular complexity index is 571. The summed E-state index contributed by atoms with van der Waals surface area (Å²) in [5, 5.41) is 1.27. The lowest BCUT2D eigenvalue weighted by atomic mass is 9.84. The van der Waals surface area contributed by atoms with Gasteiger partial charge in [-0.25, -0.2) is 0 Å². The Morgan fingerprint density at radius 3 is 2.70 bits per heavy atom. The number of hydrogen-bond acceptors (Lipinski definition) is 2. The zero-order chi connectivity index (χ0) is 17.2. The van der Waals surface area contributed by atoms with E-state index in [0.29, 0.717) is 22.4 Å². The van der Waals surface area contributed by atoms with E-state index in [1.54, 1.807) is 17.8 Å². The average molecular weight is 374 g/mol. The van der Waals surface area contributed by atoms with E-state index in [-0.39, 0.29) is 16.7 Å². The largest absolute Gasteiger partial charge is 0.326 e. The van der Waals surface area contributed by atoms with E-state index >= 15 is 0 Å². The van der Waals surface area contributed by atoms with Crippen molar-refractivity contribution in [2.45, 2.75) is 45.9 Å². The second-order valence-electron chi connectivity index (χ2n) is 7.55. The Morgan fingerprint density at radius 2 is 2.09 bits per heavy atom. The lowest BCUT2D eigenvalue weighted by Crippen LogP contribution is -2.32. The maximum Gasteiger partial charge on any atom is 0.224 e. The van der Waals surface area contributed by atoms with Gasteiger partial charge in [-0.2, -0.15) is 0 Å². The van der Waals surface area contributed by atoms with Crippen LogP contribution in [0.25, 0.3) is 0 Å². The van der Waals surface area contributed by atoms with E-state index in [4.69, 9.17) is 23.2 Å². The number of hydrogen-bond donors (Lipinski definition) is 0. The second-order valence-corrected chi connectivity index (χ2v) is 9.58. The molecule has 1 fully saturated rings. The smallest absolute Gasteiger partial charge is 0.224 e. The van der Waals surface area contributed by atoms with Crippen molar-refractivity contribution >= 4 is 40.9 Å². The second kappa shape index (κ2) is 7.67. The van der Waals surface area contributed by atoms with Crippen LogP contribution < -0.4 is 0 Å². The van der Waals surface area contributed by atoms with Crippen molar-refractivity contribution in [2.75, 3.05) is 12.3 Å². The number of carbonyl (C=O) groups excluding carboxylic acids is 1. The van der Waals surface area contributed by atoms with Gasteiger partial charge >= 0.3 is 0 Å². The number of nitrogens with zero attached hydrogens (tertiary/aromatic N) is 1. The van der Waals surface area contributed by atoms with Gasteiger partial charge in [0, 0.05) is 34.3 Å². The van der Waals surface area contributed by atoms with Crippen LogP contribution in [0.1, 0.15) is 51.5 Å². The molecule has 0 N–H and O–H groups in total. The Kier molecular flexibility index (Phi) is 6.32. The number of carbonyl (C=O) groups is 1. The molecule has 2 rings (SSSR count). The third-order valence-electron chi connectivity index (χ3n) is 3.92. The van der Waals surface area contributed by atoms with Crippen LogP contribution in [0.4, 0.5) is 0 Å². The average Bonchev–Trinajstić information content (AvgIpc) is 2.85. The molecule has 5 heteroatoms. The van der Waals surface area contributed by atoms with Gasteiger partial charge in [-0.15, -0.1) is 11.8 Å². The molecule has 1 aliphatic heterocycles. The number of halogens is 2. The van der Waals surface area contributed by atoms with Crippen molar-refractivity contribution in [3.63, 3.8) is 0 Å². The Labute approximate surface area is 153 Å². The van der Waals surface area contributed by atoms with Crippen molar-refractivity contribution in [3.05, 3.63) is 33.8 Å². The molecule has 0 unspecified atom stereocenters. The normalized spacial score (nSPS) is 19.9. The molecule has 0 saturated carbocycles. The van der Waals surface area contributed by atoms with Crippen LogP contribution in [-0.4, -0.2) is 23.1 Å². The third kappa shape index (κ3) is 5.30. The topological polar surface area (TPSA) is 20.3 Å². The van der Waals surface area contributed by atoms with Gasteiger partial charge in [0.2, 0.25) is 5.91 Å². The zero-order valence-electron chi connectivity index (χ0n) is 14.2. The highest BCUT2D eigenvalue weighted by Gasteiger charge is 2.32. The van der Waals surface area contributed by atoms with Crippen LogP contribution in [0.15, 0.2) is 18.2 Å². The van der Waals surface area contributed by atoms with Crippen LogP contribution in [-0.2, 0) is 4.79 Å². The van der Waals surface area contributed by atoms with E-state index < -0.39 is 0 Å². The summed E-state index contributed by atoms with van der Waals surface area (Å²) in [4.78, 5) is 14.7. The maximum absolute atomic E-state index is 12.7. The monoisotopic (exact) mass is 373 g/mol.